The first-order valence-electron chi connectivity index (χ1n) is 13.5. The lowest BCUT2D eigenvalue weighted by Crippen LogP contribution is -2.65. The van der Waals surface area contributed by atoms with Crippen molar-refractivity contribution < 1.29 is 44.3 Å². The summed E-state index contributed by atoms with van der Waals surface area (Å²) in [6.07, 6.45) is -0.924. The smallest absolute Gasteiger partial charge is 0.417 e. The molecule has 3 aliphatic carbocycles. The highest BCUT2D eigenvalue weighted by atomic mass is 35.5. The summed E-state index contributed by atoms with van der Waals surface area (Å²) in [5.41, 5.74) is 2.01. The summed E-state index contributed by atoms with van der Waals surface area (Å²) in [6.45, 7) is 0. The number of likely N-dealkylation sites (N-methyl/N-ethyl adjacent to an activating group) is 1. The second-order valence-corrected chi connectivity index (χ2v) is 11.9. The number of phenolic OH excluding ortho intramolecular Hbond substituents is 1. The molecule has 0 bridgehead atoms. The van der Waals surface area contributed by atoms with E-state index < -0.39 is 69.9 Å². The first kappa shape index (κ1) is 30.9. The Morgan fingerprint density at radius 2 is 1.73 bits per heavy atom. The molecule has 5 rings (SSSR count). The molecular formula is C30H31ClN4O9. The van der Waals surface area contributed by atoms with Gasteiger partial charge < -0.3 is 35.8 Å². The van der Waals surface area contributed by atoms with Crippen LogP contribution in [-0.2, 0) is 20.8 Å². The maximum Gasteiger partial charge on any atom is 0.417 e. The van der Waals surface area contributed by atoms with Gasteiger partial charge >= 0.3 is 6.09 Å². The number of aliphatic hydroxyl groups is 3. The minimum Gasteiger partial charge on any atom is -0.508 e. The van der Waals surface area contributed by atoms with Gasteiger partial charge in [-0.05, 0) is 68.8 Å². The lowest BCUT2D eigenvalue weighted by molar-refractivity contribution is -0.153. The summed E-state index contributed by atoms with van der Waals surface area (Å²) >= 11 is 5.87. The summed E-state index contributed by atoms with van der Waals surface area (Å²) < 4.78 is 5.26. The second kappa shape index (κ2) is 10.8. The van der Waals surface area contributed by atoms with E-state index in [2.05, 4.69) is 5.32 Å². The molecule has 44 heavy (non-hydrogen) atoms. The number of ether oxygens (including phenoxy) is 1. The van der Waals surface area contributed by atoms with E-state index in [0.29, 0.717) is 16.3 Å². The minimum atomic E-state index is -2.76. The van der Waals surface area contributed by atoms with Crippen LogP contribution in [0.1, 0.15) is 17.5 Å². The third kappa shape index (κ3) is 4.64. The topological polar surface area (TPSA) is 203 Å². The van der Waals surface area contributed by atoms with Gasteiger partial charge in [-0.15, -0.1) is 0 Å². The van der Waals surface area contributed by atoms with Gasteiger partial charge in [-0.2, -0.15) is 0 Å². The van der Waals surface area contributed by atoms with Gasteiger partial charge in [0.25, 0.3) is 5.91 Å². The van der Waals surface area contributed by atoms with E-state index >= 15 is 0 Å². The van der Waals surface area contributed by atoms with E-state index in [9.17, 15) is 39.6 Å². The third-order valence-electron chi connectivity index (χ3n) is 8.44. The first-order chi connectivity index (χ1) is 20.6. The molecular weight excluding hydrogens is 596 g/mol. The quantitative estimate of drug-likeness (QED) is 0.210. The fourth-order valence-corrected chi connectivity index (χ4v) is 6.66. The van der Waals surface area contributed by atoms with Crippen LogP contribution < -0.4 is 20.7 Å². The van der Waals surface area contributed by atoms with Gasteiger partial charge in [-0.3, -0.25) is 24.6 Å². The highest BCUT2D eigenvalue weighted by Crippen LogP contribution is 2.54. The standard InChI is InChI=1S/C30H31ClN4O9/c1-34(2)18-11-17(33-29(42)44-14-7-5-13(31)6-8-14)23(36)20-15(18)9-12-10-16-22(35(3)4)25(38)21(28(32)41)27(40)30(16,43)26(39)19(12)24(20)37/h5-8,11-12,16,22,36-37,40,43H,9-10H2,1-4H3,(H2,32,41)(H,33,42)/t12-,16-,22-,30-/m0/s1. The van der Waals surface area contributed by atoms with Gasteiger partial charge in [0.1, 0.15) is 22.8 Å². The Labute approximate surface area is 256 Å². The van der Waals surface area contributed by atoms with Crippen molar-refractivity contribution in [1.29, 1.82) is 0 Å². The van der Waals surface area contributed by atoms with E-state index in [1.165, 1.54) is 49.3 Å². The number of amides is 2. The van der Waals surface area contributed by atoms with Crippen LogP contribution in [0.25, 0.3) is 5.76 Å². The fourth-order valence-electron chi connectivity index (χ4n) is 6.53. The maximum atomic E-state index is 14.1. The average Bonchev–Trinajstić information content (AvgIpc) is 2.93. The average molecular weight is 627 g/mol. The molecule has 2 amide bonds. The molecule has 4 atom stereocenters. The Kier molecular flexibility index (Phi) is 7.60. The van der Waals surface area contributed by atoms with Crippen molar-refractivity contribution in [2.24, 2.45) is 17.6 Å². The Hall–Kier alpha value is -4.59. The highest BCUT2D eigenvalue weighted by Gasteiger charge is 2.64. The number of halogens is 1. The number of Topliss-reactive ketones (excluding diaryl/α,β-unsaturated/α-hetero) is 2. The molecule has 13 nitrogen and oxygen atoms in total. The molecule has 0 radical (unpaired) electrons. The number of nitrogens with one attached hydrogen (secondary N) is 1. The lowest BCUT2D eigenvalue weighted by Gasteiger charge is -2.50. The maximum absolute atomic E-state index is 14.1. The number of ketones is 2. The largest absolute Gasteiger partial charge is 0.508 e. The van der Waals surface area contributed by atoms with E-state index in [-0.39, 0.29) is 35.4 Å². The van der Waals surface area contributed by atoms with Crippen molar-refractivity contribution in [3.8, 4) is 11.5 Å². The molecule has 1 saturated carbocycles. The lowest BCUT2D eigenvalue weighted by atomic mass is 9.57. The highest BCUT2D eigenvalue weighted by molar-refractivity contribution is 6.30. The number of nitrogens with zero attached hydrogens (tertiary/aromatic N) is 2. The zero-order valence-corrected chi connectivity index (χ0v) is 25.0. The molecule has 2 aromatic rings. The monoisotopic (exact) mass is 626 g/mol. The fraction of sp³-hybridized carbons (Fsp3) is 0.333. The zero-order chi connectivity index (χ0) is 32.4. The van der Waals surface area contributed by atoms with Crippen molar-refractivity contribution in [1.82, 2.24) is 4.90 Å². The summed E-state index contributed by atoms with van der Waals surface area (Å²) in [4.78, 5) is 55.3. The second-order valence-electron chi connectivity index (χ2n) is 11.5. The van der Waals surface area contributed by atoms with Gasteiger partial charge in [-0.1, -0.05) is 11.6 Å². The van der Waals surface area contributed by atoms with Crippen molar-refractivity contribution >= 4 is 52.3 Å². The molecule has 1 fully saturated rings. The molecule has 0 heterocycles. The number of nitrogens with two attached hydrogens (primary N) is 1. The number of carbonyl (C=O) groups excluding carboxylic acids is 4. The Bertz CT molecular complexity index is 1680. The van der Waals surface area contributed by atoms with Crippen LogP contribution in [-0.4, -0.2) is 88.7 Å². The number of aromatic hydroxyl groups is 1. The molecule has 0 saturated heterocycles. The van der Waals surface area contributed by atoms with Crippen LogP contribution in [0.4, 0.5) is 16.2 Å². The predicted octanol–water partition coefficient (Wildman–Crippen LogP) is 2.29. The number of phenols is 1. The van der Waals surface area contributed by atoms with Crippen LogP contribution in [0.3, 0.4) is 0 Å². The Morgan fingerprint density at radius 1 is 1.09 bits per heavy atom. The summed E-state index contributed by atoms with van der Waals surface area (Å²) in [5, 5.41) is 48.5. The van der Waals surface area contributed by atoms with Gasteiger partial charge in [0.15, 0.2) is 17.1 Å². The van der Waals surface area contributed by atoms with Crippen LogP contribution >= 0.6 is 11.6 Å². The van der Waals surface area contributed by atoms with Crippen LogP contribution in [0.5, 0.6) is 11.5 Å². The van der Waals surface area contributed by atoms with Gasteiger partial charge in [0, 0.05) is 36.3 Å². The number of carbonyl (C=O) groups is 4. The van der Waals surface area contributed by atoms with Crippen LogP contribution in [0, 0.1) is 11.8 Å². The zero-order valence-electron chi connectivity index (χ0n) is 24.2. The molecule has 0 spiro atoms. The number of hydrogen-bond donors (Lipinski definition) is 6. The number of aliphatic hydroxyl groups excluding tert-OH is 2. The van der Waals surface area contributed by atoms with Gasteiger partial charge in [0.2, 0.25) is 5.78 Å². The molecule has 232 valence electrons. The number of primary amides is 1. The Morgan fingerprint density at radius 3 is 2.30 bits per heavy atom. The van der Waals surface area contributed by atoms with Crippen molar-refractivity contribution in [2.75, 3.05) is 38.4 Å². The number of rotatable bonds is 5. The normalized spacial score (nSPS) is 24.5. The van der Waals surface area contributed by atoms with E-state index in [0.717, 1.165) is 0 Å². The third-order valence-corrected chi connectivity index (χ3v) is 8.69. The Balaban J connectivity index is 1.63. The van der Waals surface area contributed by atoms with Crippen molar-refractivity contribution in [3.63, 3.8) is 0 Å². The van der Waals surface area contributed by atoms with E-state index in [1.807, 2.05) is 0 Å². The molecule has 7 N–H and O–H groups in total. The van der Waals surface area contributed by atoms with Gasteiger partial charge in [0.05, 0.1) is 17.3 Å². The molecule has 0 unspecified atom stereocenters. The van der Waals surface area contributed by atoms with E-state index in [4.69, 9.17) is 22.1 Å². The predicted molar refractivity (Wildman–Crippen MR) is 160 cm³/mol. The van der Waals surface area contributed by atoms with Crippen LogP contribution in [0.15, 0.2) is 47.2 Å². The van der Waals surface area contributed by atoms with Crippen LogP contribution in [0.2, 0.25) is 5.02 Å². The summed E-state index contributed by atoms with van der Waals surface area (Å²) in [5.74, 6) is -7.48. The molecule has 3 aliphatic rings. The number of anilines is 2. The first-order valence-corrected chi connectivity index (χ1v) is 13.9. The number of benzene rings is 2. The van der Waals surface area contributed by atoms with E-state index in [1.54, 1.807) is 19.0 Å². The van der Waals surface area contributed by atoms with Crippen molar-refractivity contribution in [3.05, 3.63) is 63.4 Å². The molecule has 0 aliphatic heterocycles. The SMILES string of the molecule is CN(C)c1cc(NC(=O)Oc2ccc(Cl)cc2)c(O)c2c1C[C@H]1C[C@H]3[C@H](N(C)C)C(=O)C(C(N)=O)=C(O)[C@@]3(O)C(=O)C1=C2O. The number of hydrogen-bond acceptors (Lipinski definition) is 11. The van der Waals surface area contributed by atoms with Gasteiger partial charge in [-0.25, -0.2) is 4.79 Å². The molecule has 0 aromatic heterocycles. The summed E-state index contributed by atoms with van der Waals surface area (Å²) in [7, 11) is 6.48. The molecule has 14 heteroatoms. The summed E-state index contributed by atoms with van der Waals surface area (Å²) in [6, 6.07) is 6.27. The minimum absolute atomic E-state index is 0.0488. The molecule has 2 aromatic carbocycles. The van der Waals surface area contributed by atoms with Crippen molar-refractivity contribution in [2.45, 2.75) is 24.5 Å². The number of fused-ring (bicyclic) bond motifs is 3.